The fourth-order valence-corrected chi connectivity index (χ4v) is 6.43. The molecule has 0 bridgehead atoms. The molecule has 4 aromatic rings. The number of aliphatic carboxylic acids is 1. The fourth-order valence-electron chi connectivity index (χ4n) is 6.43. The molecule has 282 valence electrons. The molecule has 54 heavy (non-hydrogen) atoms. The van der Waals surface area contributed by atoms with Gasteiger partial charge in [0.2, 0.25) is 6.10 Å². The SMILES string of the molecule is COC(=O)[C@@H](Cc1ccc(O)c(O)c1)OC(=O)/C=C/c1ccc(O)c2c1[C@@](C(=O)O)([C@@H](Cc1ccc(O)c(O)c1)C(=O)OC)[C@H](c1ccc(O)c(O)c1)O2. The zero-order valence-electron chi connectivity index (χ0n) is 28.5. The molecule has 0 fully saturated rings. The standard InChI is InChI=1S/C38H34O16/c1-51-35(47)22(13-18-3-8-23(39)27(43)14-18)38(37(49)50)32-20(5-11-26(42)33(32)54-34(38)21-6-10-25(41)29(45)17-21)7-12-31(46)53-30(36(48)52-2)16-19-4-9-24(40)28(44)15-19/h3-12,14-15,17,22,30,34,39-45H,13,16H2,1-2H3,(H,49,50)/b12-7+/t22-,30+,34-,38-/m0/s1. The van der Waals surface area contributed by atoms with E-state index in [0.29, 0.717) is 5.56 Å². The van der Waals surface area contributed by atoms with E-state index < -0.39 is 99.8 Å². The van der Waals surface area contributed by atoms with Crippen LogP contribution in [0.4, 0.5) is 0 Å². The molecule has 1 aliphatic heterocycles. The van der Waals surface area contributed by atoms with Gasteiger partial charge in [-0.2, -0.15) is 0 Å². The summed E-state index contributed by atoms with van der Waals surface area (Å²) in [4.78, 5) is 53.4. The largest absolute Gasteiger partial charge is 0.504 e. The lowest BCUT2D eigenvalue weighted by molar-refractivity contribution is -0.162. The molecule has 0 aromatic heterocycles. The predicted molar refractivity (Wildman–Crippen MR) is 184 cm³/mol. The first-order valence-electron chi connectivity index (χ1n) is 16.0. The average molecular weight is 747 g/mol. The molecule has 4 atom stereocenters. The van der Waals surface area contributed by atoms with Gasteiger partial charge in [-0.3, -0.25) is 9.59 Å². The summed E-state index contributed by atoms with van der Waals surface area (Å²) in [6, 6.07) is 12.9. The first kappa shape index (κ1) is 38.1. The number of aromatic hydroxyl groups is 7. The smallest absolute Gasteiger partial charge is 0.347 e. The van der Waals surface area contributed by atoms with Gasteiger partial charge in [-0.1, -0.05) is 24.3 Å². The number of phenolic OH excluding ortho intramolecular Hbond substituents is 7. The van der Waals surface area contributed by atoms with Crippen LogP contribution in [0.3, 0.4) is 0 Å². The Morgan fingerprint density at radius 3 is 1.78 bits per heavy atom. The van der Waals surface area contributed by atoms with Crippen LogP contribution in [-0.4, -0.2) is 85.1 Å². The number of methoxy groups -OCH3 is 2. The highest BCUT2D eigenvalue weighted by Gasteiger charge is 2.64. The molecular weight excluding hydrogens is 712 g/mol. The van der Waals surface area contributed by atoms with Crippen LogP contribution in [0, 0.1) is 5.92 Å². The lowest BCUT2D eigenvalue weighted by atomic mass is 9.63. The second-order valence-electron chi connectivity index (χ2n) is 12.2. The van der Waals surface area contributed by atoms with Gasteiger partial charge in [-0.15, -0.1) is 0 Å². The van der Waals surface area contributed by atoms with Crippen molar-refractivity contribution in [3.63, 3.8) is 0 Å². The summed E-state index contributed by atoms with van der Waals surface area (Å²) in [5, 5.41) is 82.4. The minimum absolute atomic E-state index is 0.0683. The third-order valence-electron chi connectivity index (χ3n) is 8.99. The molecule has 16 nitrogen and oxygen atoms in total. The molecule has 5 rings (SSSR count). The maximum atomic E-state index is 13.9. The van der Waals surface area contributed by atoms with Crippen molar-refractivity contribution in [3.05, 3.63) is 101 Å². The average Bonchev–Trinajstić information content (AvgIpc) is 3.51. The molecule has 0 unspecified atom stereocenters. The highest BCUT2D eigenvalue weighted by atomic mass is 16.6. The van der Waals surface area contributed by atoms with Crippen LogP contribution in [0.25, 0.3) is 6.08 Å². The van der Waals surface area contributed by atoms with E-state index in [0.717, 1.165) is 62.8 Å². The molecule has 1 heterocycles. The summed E-state index contributed by atoms with van der Waals surface area (Å²) >= 11 is 0. The summed E-state index contributed by atoms with van der Waals surface area (Å²) in [6.45, 7) is 0. The minimum atomic E-state index is -2.56. The first-order valence-corrected chi connectivity index (χ1v) is 16.0. The number of fused-ring (bicyclic) bond motifs is 1. The van der Waals surface area contributed by atoms with Crippen LogP contribution in [0.2, 0.25) is 0 Å². The minimum Gasteiger partial charge on any atom is -0.504 e. The topological polar surface area (TPSA) is 267 Å². The Morgan fingerprint density at radius 1 is 0.704 bits per heavy atom. The van der Waals surface area contributed by atoms with Crippen molar-refractivity contribution in [2.75, 3.05) is 14.2 Å². The molecule has 1 aliphatic rings. The number of ether oxygens (including phenoxy) is 4. The Labute approximate surface area is 305 Å². The summed E-state index contributed by atoms with van der Waals surface area (Å²) in [5.41, 5.74) is -2.58. The number of rotatable bonds is 12. The van der Waals surface area contributed by atoms with Crippen LogP contribution >= 0.6 is 0 Å². The van der Waals surface area contributed by atoms with Crippen molar-refractivity contribution in [3.8, 4) is 46.0 Å². The van der Waals surface area contributed by atoms with Crippen molar-refractivity contribution in [2.45, 2.75) is 30.5 Å². The molecule has 0 saturated carbocycles. The van der Waals surface area contributed by atoms with Crippen LogP contribution in [0.1, 0.15) is 33.9 Å². The second-order valence-corrected chi connectivity index (χ2v) is 12.2. The van der Waals surface area contributed by atoms with Crippen molar-refractivity contribution in [2.24, 2.45) is 5.92 Å². The fraction of sp³-hybridized carbons (Fsp3) is 0.211. The molecule has 0 amide bonds. The monoisotopic (exact) mass is 746 g/mol. The van der Waals surface area contributed by atoms with Crippen molar-refractivity contribution in [1.29, 1.82) is 0 Å². The van der Waals surface area contributed by atoms with E-state index in [1.54, 1.807) is 0 Å². The van der Waals surface area contributed by atoms with E-state index in [1.165, 1.54) is 30.3 Å². The first-order chi connectivity index (χ1) is 25.6. The normalized spacial score (nSPS) is 17.2. The maximum Gasteiger partial charge on any atom is 0.347 e. The molecule has 8 N–H and O–H groups in total. The molecule has 16 heteroatoms. The Kier molecular flexibility index (Phi) is 10.8. The van der Waals surface area contributed by atoms with Gasteiger partial charge in [0.1, 0.15) is 6.10 Å². The number of hydrogen-bond donors (Lipinski definition) is 8. The maximum absolute atomic E-state index is 13.9. The van der Waals surface area contributed by atoms with E-state index >= 15 is 0 Å². The summed E-state index contributed by atoms with van der Waals surface area (Å²) in [7, 11) is 2.06. The van der Waals surface area contributed by atoms with Crippen LogP contribution in [0.5, 0.6) is 46.0 Å². The summed E-state index contributed by atoms with van der Waals surface area (Å²) < 4.78 is 21.3. The van der Waals surface area contributed by atoms with Crippen molar-refractivity contribution < 1.29 is 79.0 Å². The summed E-state index contributed by atoms with van der Waals surface area (Å²) in [6.07, 6.45) is -2.08. The lowest BCUT2D eigenvalue weighted by Gasteiger charge is -2.37. The van der Waals surface area contributed by atoms with Crippen LogP contribution in [-0.2, 0) is 51.6 Å². The lowest BCUT2D eigenvalue weighted by Crippen LogP contribution is -2.51. The highest BCUT2D eigenvalue weighted by Crippen LogP contribution is 2.60. The number of phenols is 7. The Morgan fingerprint density at radius 2 is 1.24 bits per heavy atom. The van der Waals surface area contributed by atoms with E-state index in [-0.39, 0.29) is 28.7 Å². The molecular formula is C38H34O16. The Balaban J connectivity index is 1.65. The Bertz CT molecular complexity index is 2160. The third kappa shape index (κ3) is 7.16. The number of carboxylic acids is 1. The van der Waals surface area contributed by atoms with Gasteiger partial charge in [0.25, 0.3) is 0 Å². The van der Waals surface area contributed by atoms with Crippen LogP contribution in [0.15, 0.2) is 72.8 Å². The van der Waals surface area contributed by atoms with Gasteiger partial charge in [-0.25, -0.2) is 9.59 Å². The molecule has 0 spiro atoms. The molecule has 0 saturated heterocycles. The van der Waals surface area contributed by atoms with Gasteiger partial charge in [0, 0.05) is 18.1 Å². The highest BCUT2D eigenvalue weighted by molar-refractivity contribution is 5.96. The van der Waals surface area contributed by atoms with Gasteiger partial charge >= 0.3 is 23.9 Å². The van der Waals surface area contributed by atoms with E-state index in [1.807, 2.05) is 0 Å². The van der Waals surface area contributed by atoms with Crippen molar-refractivity contribution >= 4 is 30.0 Å². The van der Waals surface area contributed by atoms with E-state index in [9.17, 15) is 60.0 Å². The number of carbonyl (C=O) groups is 4. The second kappa shape index (κ2) is 15.2. The molecule has 0 aliphatic carbocycles. The zero-order chi connectivity index (χ0) is 39.5. The van der Waals surface area contributed by atoms with Gasteiger partial charge in [0.05, 0.1) is 20.1 Å². The third-order valence-corrected chi connectivity index (χ3v) is 8.99. The number of carboxylic acid groups (broad SMARTS) is 1. The zero-order valence-corrected chi connectivity index (χ0v) is 28.5. The van der Waals surface area contributed by atoms with Crippen molar-refractivity contribution in [1.82, 2.24) is 0 Å². The van der Waals surface area contributed by atoms with Gasteiger partial charge in [-0.05, 0) is 77.2 Å². The quantitative estimate of drug-likeness (QED) is 0.0446. The molecule has 4 aromatic carbocycles. The van der Waals surface area contributed by atoms with E-state index in [4.69, 9.17) is 18.9 Å². The number of benzene rings is 4. The molecule has 0 radical (unpaired) electrons. The summed E-state index contributed by atoms with van der Waals surface area (Å²) in [5.74, 6) is -10.8. The van der Waals surface area contributed by atoms with Crippen LogP contribution < -0.4 is 4.74 Å². The van der Waals surface area contributed by atoms with Gasteiger partial charge < -0.3 is 59.8 Å². The number of esters is 3. The number of carbonyl (C=O) groups excluding carboxylic acids is 3. The number of hydrogen-bond acceptors (Lipinski definition) is 15. The van der Waals surface area contributed by atoms with E-state index in [2.05, 4.69) is 0 Å². The van der Waals surface area contributed by atoms with Gasteiger partial charge in [0.15, 0.2) is 51.4 Å². The Hall–Kier alpha value is -7.10. The predicted octanol–water partition coefficient (Wildman–Crippen LogP) is 3.45.